The van der Waals surface area contributed by atoms with E-state index in [2.05, 4.69) is 80.7 Å². The zero-order valence-corrected chi connectivity index (χ0v) is 38.0. The molecule has 0 aromatic heterocycles. The lowest BCUT2D eigenvalue weighted by atomic mass is 9.98. The number of carbonyl (C=O) groups is 1. The summed E-state index contributed by atoms with van der Waals surface area (Å²) in [6.07, 6.45) is 27.1. The molecule has 0 aromatic carbocycles. The van der Waals surface area contributed by atoms with Crippen molar-refractivity contribution in [1.29, 1.82) is 0 Å². The molecule has 14 nitrogen and oxygen atoms in total. The average Bonchev–Trinajstić information content (AvgIpc) is 3.28. The molecule has 362 valence electrons. The van der Waals surface area contributed by atoms with Crippen LogP contribution in [-0.4, -0.2) is 142 Å². The number of rotatable bonds is 35. The highest BCUT2D eigenvalue weighted by atomic mass is 16.7. The van der Waals surface area contributed by atoms with Crippen LogP contribution in [0.5, 0.6) is 0 Å². The summed E-state index contributed by atoms with van der Waals surface area (Å²) in [6, 6.07) is 0. The fraction of sp³-hybridized carbons (Fsp3) is 0.735. The van der Waals surface area contributed by atoms with E-state index in [1.807, 2.05) is 6.08 Å². The molecule has 11 atom stereocenters. The Morgan fingerprint density at radius 1 is 0.540 bits per heavy atom. The highest BCUT2D eigenvalue weighted by molar-refractivity contribution is 5.69. The molecule has 0 bridgehead atoms. The summed E-state index contributed by atoms with van der Waals surface area (Å²) >= 11 is 0. The SMILES string of the molecule is CC/C=C\C/C=C\C/C=C\C/C=C\C/C=C\CCOCC(COC1OC(COC2OC(CO)C(O)C(O)C2O)C(O)C(O)C1O)OC(=O)CCCCCCC/C=C\CCCCCC. The van der Waals surface area contributed by atoms with Gasteiger partial charge in [-0.3, -0.25) is 4.79 Å². The molecule has 0 aliphatic carbocycles. The Morgan fingerprint density at radius 2 is 1.03 bits per heavy atom. The van der Waals surface area contributed by atoms with Crippen molar-refractivity contribution in [2.45, 2.75) is 197 Å². The molecule has 2 aliphatic rings. The van der Waals surface area contributed by atoms with Crippen molar-refractivity contribution < 1.29 is 69.0 Å². The van der Waals surface area contributed by atoms with Crippen molar-refractivity contribution in [2.75, 3.05) is 33.0 Å². The predicted octanol–water partition coefficient (Wildman–Crippen LogP) is 5.95. The summed E-state index contributed by atoms with van der Waals surface area (Å²) in [7, 11) is 0. The standard InChI is InChI=1S/C49H82O14/c1-3-5-7-9-11-13-15-17-18-19-21-23-25-27-29-31-33-58-35-38(61-41(51)32-30-28-26-24-22-20-16-14-12-10-8-6-4-2)36-59-48-47(57)45(55)43(53)40(63-48)37-60-49-46(56)44(54)42(52)39(34-50)62-49/h5,7,11,13-14,16-18,21,23,27,29,38-40,42-50,52-57H,3-4,6,8-10,12,15,19-20,22,24-26,28,30-37H2,1-2H3/b7-5-,13-11-,16-14-,18-17-,23-21-,29-27-. The van der Waals surface area contributed by atoms with E-state index in [1.165, 1.54) is 25.7 Å². The number of unbranched alkanes of at least 4 members (excludes halogenated alkanes) is 9. The van der Waals surface area contributed by atoms with Crippen LogP contribution in [-0.2, 0) is 33.2 Å². The van der Waals surface area contributed by atoms with Gasteiger partial charge in [-0.15, -0.1) is 0 Å². The van der Waals surface area contributed by atoms with Crippen LogP contribution >= 0.6 is 0 Å². The van der Waals surface area contributed by atoms with Gasteiger partial charge in [-0.2, -0.15) is 0 Å². The number of hydrogen-bond donors (Lipinski definition) is 7. The number of carbonyl (C=O) groups excluding carboxylic acids is 1. The molecule has 63 heavy (non-hydrogen) atoms. The van der Waals surface area contributed by atoms with Crippen LogP contribution in [0.3, 0.4) is 0 Å². The number of aliphatic hydroxyl groups excluding tert-OH is 7. The van der Waals surface area contributed by atoms with Crippen LogP contribution in [0.2, 0.25) is 0 Å². The van der Waals surface area contributed by atoms with Gasteiger partial charge in [0.15, 0.2) is 12.6 Å². The summed E-state index contributed by atoms with van der Waals surface area (Å²) in [5.41, 5.74) is 0. The quantitative estimate of drug-likeness (QED) is 0.0223. The molecule has 11 unspecified atom stereocenters. The van der Waals surface area contributed by atoms with Crippen molar-refractivity contribution >= 4 is 5.97 Å². The zero-order chi connectivity index (χ0) is 45.9. The Balaban J connectivity index is 1.85. The minimum Gasteiger partial charge on any atom is -0.457 e. The van der Waals surface area contributed by atoms with E-state index < -0.39 is 86.7 Å². The number of aliphatic hydroxyl groups is 7. The summed E-state index contributed by atoms with van der Waals surface area (Å²) in [4.78, 5) is 12.9. The van der Waals surface area contributed by atoms with Gasteiger partial charge in [0, 0.05) is 6.42 Å². The number of allylic oxidation sites excluding steroid dienone is 11. The van der Waals surface area contributed by atoms with Gasteiger partial charge in [-0.25, -0.2) is 0 Å². The fourth-order valence-electron chi connectivity index (χ4n) is 6.87. The predicted molar refractivity (Wildman–Crippen MR) is 242 cm³/mol. The number of hydrogen-bond acceptors (Lipinski definition) is 14. The molecule has 7 N–H and O–H groups in total. The fourth-order valence-corrected chi connectivity index (χ4v) is 6.87. The van der Waals surface area contributed by atoms with E-state index >= 15 is 0 Å². The second-order valence-corrected chi connectivity index (χ2v) is 16.2. The van der Waals surface area contributed by atoms with Gasteiger partial charge in [0.1, 0.15) is 54.9 Å². The molecule has 2 heterocycles. The van der Waals surface area contributed by atoms with Gasteiger partial charge in [-0.05, 0) is 70.6 Å². The first-order valence-corrected chi connectivity index (χ1v) is 23.5. The average molecular weight is 895 g/mol. The van der Waals surface area contributed by atoms with Crippen molar-refractivity contribution in [2.24, 2.45) is 0 Å². The minimum absolute atomic E-state index is 0.000209. The highest BCUT2D eigenvalue weighted by Gasteiger charge is 2.47. The third kappa shape index (κ3) is 25.1. The van der Waals surface area contributed by atoms with Crippen LogP contribution in [0.4, 0.5) is 0 Å². The van der Waals surface area contributed by atoms with Crippen molar-refractivity contribution in [3.05, 3.63) is 72.9 Å². The lowest BCUT2D eigenvalue weighted by Crippen LogP contribution is -2.61. The molecule has 2 fully saturated rings. The monoisotopic (exact) mass is 895 g/mol. The van der Waals surface area contributed by atoms with Crippen LogP contribution in [0, 0.1) is 0 Å². The van der Waals surface area contributed by atoms with E-state index in [-0.39, 0.29) is 19.6 Å². The first-order chi connectivity index (χ1) is 30.6. The highest BCUT2D eigenvalue weighted by Crippen LogP contribution is 2.26. The van der Waals surface area contributed by atoms with Crippen LogP contribution in [0.15, 0.2) is 72.9 Å². The minimum atomic E-state index is -1.72. The van der Waals surface area contributed by atoms with E-state index in [4.69, 9.17) is 28.4 Å². The summed E-state index contributed by atoms with van der Waals surface area (Å²) in [5, 5.41) is 71.9. The summed E-state index contributed by atoms with van der Waals surface area (Å²) < 4.78 is 34.0. The lowest BCUT2D eigenvalue weighted by Gasteiger charge is -2.42. The van der Waals surface area contributed by atoms with Gasteiger partial charge in [-0.1, -0.05) is 125 Å². The maximum absolute atomic E-state index is 12.9. The molecule has 2 saturated heterocycles. The Morgan fingerprint density at radius 3 is 1.62 bits per heavy atom. The van der Waals surface area contributed by atoms with E-state index in [1.54, 1.807) is 0 Å². The Hall–Kier alpha value is -2.57. The van der Waals surface area contributed by atoms with Gasteiger partial charge < -0.3 is 64.2 Å². The van der Waals surface area contributed by atoms with Gasteiger partial charge in [0.25, 0.3) is 0 Å². The van der Waals surface area contributed by atoms with Crippen LogP contribution in [0.1, 0.15) is 129 Å². The maximum Gasteiger partial charge on any atom is 0.306 e. The first-order valence-electron chi connectivity index (χ1n) is 23.5. The van der Waals surface area contributed by atoms with E-state index in [0.717, 1.165) is 70.6 Å². The second-order valence-electron chi connectivity index (χ2n) is 16.2. The zero-order valence-electron chi connectivity index (χ0n) is 38.0. The van der Waals surface area contributed by atoms with Crippen molar-refractivity contribution in [1.82, 2.24) is 0 Å². The van der Waals surface area contributed by atoms with Crippen molar-refractivity contribution in [3.8, 4) is 0 Å². The Bertz CT molecular complexity index is 1310. The molecule has 14 heteroatoms. The van der Waals surface area contributed by atoms with Crippen LogP contribution < -0.4 is 0 Å². The third-order valence-electron chi connectivity index (χ3n) is 10.7. The molecular weight excluding hydrogens is 813 g/mol. The van der Waals surface area contributed by atoms with Gasteiger partial charge in [0.05, 0.1) is 33.0 Å². The Kier molecular flexibility index (Phi) is 32.9. The van der Waals surface area contributed by atoms with Crippen LogP contribution in [0.25, 0.3) is 0 Å². The number of ether oxygens (including phenoxy) is 6. The van der Waals surface area contributed by atoms with Gasteiger partial charge in [0.2, 0.25) is 0 Å². The Labute approximate surface area is 377 Å². The molecular formula is C49H82O14. The molecule has 0 saturated carbocycles. The van der Waals surface area contributed by atoms with E-state index in [9.17, 15) is 40.5 Å². The lowest BCUT2D eigenvalue weighted by molar-refractivity contribution is -0.332. The number of esters is 1. The maximum atomic E-state index is 12.9. The topological polar surface area (TPSA) is 214 Å². The van der Waals surface area contributed by atoms with Crippen molar-refractivity contribution in [3.63, 3.8) is 0 Å². The molecule has 0 spiro atoms. The summed E-state index contributed by atoms with van der Waals surface area (Å²) in [5.74, 6) is -0.414. The molecule has 2 rings (SSSR count). The first kappa shape index (κ1) is 56.6. The van der Waals surface area contributed by atoms with E-state index in [0.29, 0.717) is 19.4 Å². The largest absolute Gasteiger partial charge is 0.457 e. The molecule has 0 aromatic rings. The molecule has 0 amide bonds. The third-order valence-corrected chi connectivity index (χ3v) is 10.7. The normalized spacial score (nSPS) is 27.6. The molecule has 2 aliphatic heterocycles. The summed E-state index contributed by atoms with van der Waals surface area (Å²) in [6.45, 7) is 3.28. The molecule has 0 radical (unpaired) electrons. The smallest absolute Gasteiger partial charge is 0.306 e. The van der Waals surface area contributed by atoms with Gasteiger partial charge >= 0.3 is 5.97 Å². The second kappa shape index (κ2) is 36.6.